The first-order valence-electron chi connectivity index (χ1n) is 12.3. The van der Waals surface area contributed by atoms with Crippen LogP contribution in [0.3, 0.4) is 0 Å². The summed E-state index contributed by atoms with van der Waals surface area (Å²) < 4.78 is 6.03. The van der Waals surface area contributed by atoms with E-state index in [4.69, 9.17) is 4.74 Å². The van der Waals surface area contributed by atoms with Crippen molar-refractivity contribution in [3.05, 3.63) is 81.4 Å². The number of aryl methyl sites for hydroxylation is 2. The maximum absolute atomic E-state index is 6.03. The molecule has 0 saturated carbocycles. The second-order valence-electron chi connectivity index (χ2n) is 9.66. The molecule has 0 N–H and O–H groups in total. The van der Waals surface area contributed by atoms with Crippen molar-refractivity contribution in [2.24, 2.45) is 0 Å². The van der Waals surface area contributed by atoms with Crippen molar-refractivity contribution in [2.45, 2.75) is 71.3 Å². The molecule has 3 aromatic rings. The lowest BCUT2D eigenvalue weighted by atomic mass is 9.79. The Labute approximate surface area is 186 Å². The Kier molecular flexibility index (Phi) is 4.95. The molecule has 0 unspecified atom stereocenters. The molecule has 6 rings (SSSR count). The Bertz CT molecular complexity index is 1150. The van der Waals surface area contributed by atoms with Gasteiger partial charge in [-0.1, -0.05) is 42.5 Å². The van der Waals surface area contributed by atoms with E-state index in [1.807, 2.05) is 0 Å². The van der Waals surface area contributed by atoms with Gasteiger partial charge in [-0.05, 0) is 126 Å². The zero-order valence-electron chi connectivity index (χ0n) is 18.7. The molecule has 1 nitrogen and oxygen atoms in total. The molecule has 0 atom stereocenters. The van der Waals surface area contributed by atoms with Gasteiger partial charge in [-0.2, -0.15) is 0 Å². The maximum Gasteiger partial charge on any atom is 0.0725 e. The van der Waals surface area contributed by atoms with Crippen LogP contribution in [0, 0.1) is 6.92 Å². The molecule has 0 fully saturated rings. The van der Waals surface area contributed by atoms with Crippen molar-refractivity contribution in [2.75, 3.05) is 6.61 Å². The van der Waals surface area contributed by atoms with E-state index in [0.29, 0.717) is 0 Å². The van der Waals surface area contributed by atoms with E-state index in [1.54, 1.807) is 22.3 Å². The zero-order valence-corrected chi connectivity index (χ0v) is 18.7. The van der Waals surface area contributed by atoms with Gasteiger partial charge in [-0.3, -0.25) is 0 Å². The zero-order chi connectivity index (χ0) is 20.8. The van der Waals surface area contributed by atoms with E-state index in [9.17, 15) is 0 Å². The lowest BCUT2D eigenvalue weighted by Crippen LogP contribution is -2.14. The van der Waals surface area contributed by atoms with Crippen LogP contribution in [0.1, 0.15) is 64.6 Å². The van der Waals surface area contributed by atoms with Gasteiger partial charge in [0.1, 0.15) is 0 Å². The number of ether oxygens (including phenoxy) is 1. The van der Waals surface area contributed by atoms with Crippen molar-refractivity contribution in [1.29, 1.82) is 0 Å². The molecule has 0 amide bonds. The van der Waals surface area contributed by atoms with Crippen LogP contribution in [0.5, 0.6) is 0 Å². The first-order chi connectivity index (χ1) is 15.3. The standard InChI is InChI=1S/C30H32O/c1-20-13-14-26(24-11-5-4-9-22(20)24)28-16-15-27(29-17-18-31-19-30(28)29)25-12-6-8-21-7-2-3-10-23(21)25/h6,8,12-16H,2-5,7,9-11,17-19H2,1H3. The van der Waals surface area contributed by atoms with Crippen LogP contribution in [0.15, 0.2) is 42.5 Å². The molecular formula is C30H32O. The second kappa shape index (κ2) is 7.95. The molecule has 0 radical (unpaired) electrons. The van der Waals surface area contributed by atoms with Gasteiger partial charge in [0.25, 0.3) is 0 Å². The molecule has 2 aliphatic carbocycles. The summed E-state index contributed by atoms with van der Waals surface area (Å²) >= 11 is 0. The molecular weight excluding hydrogens is 376 g/mol. The summed E-state index contributed by atoms with van der Waals surface area (Å²) in [4.78, 5) is 0. The van der Waals surface area contributed by atoms with E-state index in [-0.39, 0.29) is 0 Å². The predicted octanol–water partition coefficient (Wildman–Crippen LogP) is 7.16. The van der Waals surface area contributed by atoms with Gasteiger partial charge in [0.2, 0.25) is 0 Å². The fourth-order valence-corrected chi connectivity index (χ4v) is 6.33. The van der Waals surface area contributed by atoms with Crippen LogP contribution in [-0.4, -0.2) is 6.61 Å². The molecule has 0 spiro atoms. The lowest BCUT2D eigenvalue weighted by Gasteiger charge is -2.28. The Morgan fingerprint density at radius 3 is 2.00 bits per heavy atom. The molecule has 3 aliphatic rings. The third-order valence-electron chi connectivity index (χ3n) is 7.92. The summed E-state index contributed by atoms with van der Waals surface area (Å²) in [6.45, 7) is 3.87. The Morgan fingerprint density at radius 1 is 0.548 bits per heavy atom. The quantitative estimate of drug-likeness (QED) is 0.437. The average Bonchev–Trinajstić information content (AvgIpc) is 2.84. The van der Waals surface area contributed by atoms with Crippen LogP contribution in [0.25, 0.3) is 22.3 Å². The van der Waals surface area contributed by atoms with E-state index in [0.717, 1.165) is 19.6 Å². The van der Waals surface area contributed by atoms with Crippen LogP contribution in [0.4, 0.5) is 0 Å². The lowest BCUT2D eigenvalue weighted by molar-refractivity contribution is 0.111. The van der Waals surface area contributed by atoms with Gasteiger partial charge >= 0.3 is 0 Å². The van der Waals surface area contributed by atoms with E-state index in [1.165, 1.54) is 90.3 Å². The highest BCUT2D eigenvalue weighted by Gasteiger charge is 2.24. The summed E-state index contributed by atoms with van der Waals surface area (Å²) in [5.74, 6) is 0. The van der Waals surface area contributed by atoms with Gasteiger partial charge in [0.15, 0.2) is 0 Å². The average molecular weight is 409 g/mol. The first-order valence-corrected chi connectivity index (χ1v) is 12.3. The van der Waals surface area contributed by atoms with Gasteiger partial charge < -0.3 is 4.74 Å². The van der Waals surface area contributed by atoms with Crippen LogP contribution < -0.4 is 0 Å². The summed E-state index contributed by atoms with van der Waals surface area (Å²) in [6.07, 6.45) is 11.2. The number of rotatable bonds is 2. The van der Waals surface area contributed by atoms with E-state index < -0.39 is 0 Å². The van der Waals surface area contributed by atoms with Crippen molar-refractivity contribution < 1.29 is 4.74 Å². The second-order valence-corrected chi connectivity index (χ2v) is 9.66. The Morgan fingerprint density at radius 2 is 1.16 bits per heavy atom. The van der Waals surface area contributed by atoms with Gasteiger partial charge in [0, 0.05) is 0 Å². The van der Waals surface area contributed by atoms with Crippen molar-refractivity contribution in [1.82, 2.24) is 0 Å². The monoisotopic (exact) mass is 408 g/mol. The van der Waals surface area contributed by atoms with Crippen molar-refractivity contribution in [3.63, 3.8) is 0 Å². The summed E-state index contributed by atoms with van der Waals surface area (Å²) in [6, 6.07) is 16.5. The van der Waals surface area contributed by atoms with Crippen molar-refractivity contribution >= 4 is 0 Å². The minimum absolute atomic E-state index is 0.746. The summed E-state index contributed by atoms with van der Waals surface area (Å²) in [7, 11) is 0. The molecule has 3 aromatic carbocycles. The van der Waals surface area contributed by atoms with Gasteiger partial charge in [0.05, 0.1) is 13.2 Å². The molecule has 1 aliphatic heterocycles. The Hall–Kier alpha value is -2.38. The minimum atomic E-state index is 0.746. The third kappa shape index (κ3) is 3.26. The molecule has 0 saturated heterocycles. The van der Waals surface area contributed by atoms with Gasteiger partial charge in [-0.25, -0.2) is 0 Å². The highest BCUT2D eigenvalue weighted by molar-refractivity contribution is 5.81. The maximum atomic E-state index is 6.03. The first kappa shape index (κ1) is 19.3. The number of fused-ring (bicyclic) bond motifs is 3. The number of benzene rings is 3. The number of hydrogen-bond acceptors (Lipinski definition) is 1. The molecule has 0 bridgehead atoms. The molecule has 1 heterocycles. The fourth-order valence-electron chi connectivity index (χ4n) is 6.33. The van der Waals surface area contributed by atoms with E-state index in [2.05, 4.69) is 49.4 Å². The van der Waals surface area contributed by atoms with Crippen LogP contribution >= 0.6 is 0 Å². The minimum Gasteiger partial charge on any atom is -0.376 e. The van der Waals surface area contributed by atoms with Crippen LogP contribution in [0.2, 0.25) is 0 Å². The number of hydrogen-bond donors (Lipinski definition) is 0. The fraction of sp³-hybridized carbons (Fsp3) is 0.400. The highest BCUT2D eigenvalue weighted by Crippen LogP contribution is 2.42. The predicted molar refractivity (Wildman–Crippen MR) is 129 cm³/mol. The summed E-state index contributed by atoms with van der Waals surface area (Å²) in [5, 5.41) is 0. The topological polar surface area (TPSA) is 9.23 Å². The third-order valence-corrected chi connectivity index (χ3v) is 7.92. The van der Waals surface area contributed by atoms with Crippen molar-refractivity contribution in [3.8, 4) is 22.3 Å². The van der Waals surface area contributed by atoms with Crippen LogP contribution in [-0.2, 0) is 43.4 Å². The van der Waals surface area contributed by atoms with E-state index >= 15 is 0 Å². The molecule has 31 heavy (non-hydrogen) atoms. The normalized spacial score (nSPS) is 17.6. The summed E-state index contributed by atoms with van der Waals surface area (Å²) in [5.41, 5.74) is 16.6. The molecule has 0 aromatic heterocycles. The van der Waals surface area contributed by atoms with Gasteiger partial charge in [-0.15, -0.1) is 0 Å². The molecule has 1 heteroatoms. The Balaban J connectivity index is 1.54. The molecule has 158 valence electrons. The largest absolute Gasteiger partial charge is 0.376 e. The highest BCUT2D eigenvalue weighted by atomic mass is 16.5. The SMILES string of the molecule is Cc1ccc(-c2ccc(-c3cccc4c3CCCC4)c3c2COCC3)c2c1CCCC2. The smallest absolute Gasteiger partial charge is 0.0725 e.